The predicted molar refractivity (Wildman–Crippen MR) is 171 cm³/mol. The number of rotatable bonds is 12. The first-order valence-electron chi connectivity index (χ1n) is 14.1. The van der Waals surface area contributed by atoms with Gasteiger partial charge in [-0.1, -0.05) is 60.7 Å². The number of anilines is 1. The van der Waals surface area contributed by atoms with Crippen LogP contribution in [0.4, 0.5) is 18.9 Å². The minimum Gasteiger partial charge on any atom is -0.467 e. The van der Waals surface area contributed by atoms with Gasteiger partial charge in [0.2, 0.25) is 0 Å². The van der Waals surface area contributed by atoms with Crippen LogP contribution >= 0.6 is 11.8 Å². The van der Waals surface area contributed by atoms with Gasteiger partial charge in [-0.25, -0.2) is 4.79 Å². The molecule has 1 N–H and O–H groups in total. The van der Waals surface area contributed by atoms with E-state index in [0.717, 1.165) is 40.1 Å². The Morgan fingerprint density at radius 2 is 1.50 bits per heavy atom. The average molecular weight is 621 g/mol. The van der Waals surface area contributed by atoms with E-state index < -0.39 is 23.8 Å². The van der Waals surface area contributed by atoms with E-state index in [4.69, 9.17) is 4.74 Å². The minimum absolute atomic E-state index is 0.375. The molecular weight excluding hydrogens is 585 g/mol. The fraction of sp³-hybridized carbons (Fsp3) is 0.257. The van der Waals surface area contributed by atoms with Crippen LogP contribution in [0.15, 0.2) is 97.1 Å². The maximum atomic E-state index is 13.6. The molecule has 0 aliphatic carbocycles. The molecule has 0 saturated heterocycles. The number of hydrogen-bond acceptors (Lipinski definition) is 5. The van der Waals surface area contributed by atoms with Crippen molar-refractivity contribution in [3.8, 4) is 11.1 Å². The number of esters is 1. The largest absolute Gasteiger partial charge is 0.467 e. The molecule has 5 nitrogen and oxygen atoms in total. The van der Waals surface area contributed by atoms with E-state index in [9.17, 15) is 22.8 Å². The summed E-state index contributed by atoms with van der Waals surface area (Å²) in [6.07, 6.45) is -2.03. The Morgan fingerprint density at radius 3 is 2.14 bits per heavy atom. The summed E-state index contributed by atoms with van der Waals surface area (Å²) in [6.45, 7) is 2.78. The molecule has 0 spiro atoms. The van der Waals surface area contributed by atoms with Crippen molar-refractivity contribution in [2.45, 2.75) is 38.7 Å². The molecule has 0 aliphatic heterocycles. The second kappa shape index (κ2) is 15.0. The van der Waals surface area contributed by atoms with Gasteiger partial charge in [-0.05, 0) is 89.6 Å². The highest BCUT2D eigenvalue weighted by molar-refractivity contribution is 7.98. The Morgan fingerprint density at radius 1 is 0.864 bits per heavy atom. The number of para-hydroxylation sites is 1. The predicted octanol–water partition coefficient (Wildman–Crippen LogP) is 7.91. The fourth-order valence-electron chi connectivity index (χ4n) is 4.97. The van der Waals surface area contributed by atoms with E-state index in [-0.39, 0.29) is 5.91 Å². The fourth-order valence-corrected chi connectivity index (χ4v) is 5.44. The Balaban J connectivity index is 1.69. The standard InChI is InChI=1S/C35H35F3N2O3S/c1-24-9-7-8-12-29(24)31-21-26(15-18-30(31)33(41)39-32(19-20-44-3)34(42)43-2)23-40(28-10-5-4-6-11-28)22-25-13-16-27(17-14-25)35(36,37)38/h4-18,21,32H,19-20,22-23H2,1-3H3,(H,39,41). The van der Waals surface area contributed by atoms with Crippen LogP contribution in [0, 0.1) is 6.92 Å². The average Bonchev–Trinajstić information content (AvgIpc) is 3.02. The zero-order valence-electron chi connectivity index (χ0n) is 24.9. The van der Waals surface area contributed by atoms with Crippen LogP contribution < -0.4 is 10.2 Å². The molecule has 1 amide bonds. The summed E-state index contributed by atoms with van der Waals surface area (Å²) < 4.78 is 44.4. The Hall–Kier alpha value is -4.24. The monoisotopic (exact) mass is 620 g/mol. The quantitative estimate of drug-likeness (QED) is 0.163. The molecular formula is C35H35F3N2O3S. The third kappa shape index (κ3) is 8.44. The third-order valence-corrected chi connectivity index (χ3v) is 7.96. The number of thioether (sulfide) groups is 1. The molecule has 1 atom stereocenters. The van der Waals surface area contributed by atoms with Crippen molar-refractivity contribution in [2.24, 2.45) is 0 Å². The van der Waals surface area contributed by atoms with Gasteiger partial charge in [-0.3, -0.25) is 4.79 Å². The van der Waals surface area contributed by atoms with Crippen molar-refractivity contribution in [3.63, 3.8) is 0 Å². The van der Waals surface area contributed by atoms with Crippen LogP contribution in [0.25, 0.3) is 11.1 Å². The van der Waals surface area contributed by atoms with Gasteiger partial charge in [0.25, 0.3) is 5.91 Å². The molecule has 0 aliphatic rings. The lowest BCUT2D eigenvalue weighted by atomic mass is 9.93. The number of carbonyl (C=O) groups excluding carboxylic acids is 2. The minimum atomic E-state index is -4.40. The van der Waals surface area contributed by atoms with Crippen LogP contribution in [0.5, 0.6) is 0 Å². The number of nitrogens with zero attached hydrogens (tertiary/aromatic N) is 1. The van der Waals surface area contributed by atoms with Crippen molar-refractivity contribution < 1.29 is 27.5 Å². The summed E-state index contributed by atoms with van der Waals surface area (Å²) in [5.74, 6) is -0.197. The van der Waals surface area contributed by atoms with Crippen LogP contribution in [-0.2, 0) is 28.8 Å². The Kier molecular flexibility index (Phi) is 11.1. The lowest BCUT2D eigenvalue weighted by molar-refractivity contribution is -0.143. The molecule has 0 aromatic heterocycles. The van der Waals surface area contributed by atoms with Gasteiger partial charge >= 0.3 is 12.1 Å². The number of ether oxygens (including phenoxy) is 1. The SMILES string of the molecule is COC(=O)C(CCSC)NC(=O)c1ccc(CN(Cc2ccc(C(F)(F)F)cc2)c2ccccc2)cc1-c1ccccc1C. The number of nitrogens with one attached hydrogen (secondary N) is 1. The van der Waals surface area contributed by atoms with Crippen LogP contribution in [-0.4, -0.2) is 37.0 Å². The van der Waals surface area contributed by atoms with Gasteiger partial charge < -0.3 is 15.0 Å². The second-order valence-corrected chi connectivity index (χ2v) is 11.4. The Bertz CT molecular complexity index is 1560. The van der Waals surface area contributed by atoms with Gasteiger partial charge in [0, 0.05) is 24.3 Å². The maximum absolute atomic E-state index is 13.6. The van der Waals surface area contributed by atoms with Crippen LogP contribution in [0.1, 0.15) is 39.0 Å². The van der Waals surface area contributed by atoms with Gasteiger partial charge in [-0.2, -0.15) is 24.9 Å². The molecule has 4 aromatic rings. The Labute approximate surface area is 260 Å². The highest BCUT2D eigenvalue weighted by Gasteiger charge is 2.30. The smallest absolute Gasteiger partial charge is 0.416 e. The van der Waals surface area contributed by atoms with E-state index in [1.54, 1.807) is 17.8 Å². The first kappa shape index (κ1) is 32.7. The molecule has 0 heterocycles. The first-order valence-corrected chi connectivity index (χ1v) is 15.5. The number of benzene rings is 4. The summed E-state index contributed by atoms with van der Waals surface area (Å²) in [5, 5.41) is 2.86. The van der Waals surface area contributed by atoms with Crippen molar-refractivity contribution in [3.05, 3.63) is 125 Å². The highest BCUT2D eigenvalue weighted by atomic mass is 32.2. The van der Waals surface area contributed by atoms with Crippen molar-refractivity contribution >= 4 is 29.3 Å². The van der Waals surface area contributed by atoms with Crippen molar-refractivity contribution in [2.75, 3.05) is 24.0 Å². The number of alkyl halides is 3. The van der Waals surface area contributed by atoms with E-state index in [1.165, 1.54) is 19.2 Å². The molecule has 4 rings (SSSR count). The number of aryl methyl sites for hydroxylation is 1. The molecule has 9 heteroatoms. The molecule has 0 radical (unpaired) electrons. The lowest BCUT2D eigenvalue weighted by Crippen LogP contribution is -2.42. The van der Waals surface area contributed by atoms with Gasteiger partial charge in [0.1, 0.15) is 6.04 Å². The zero-order chi connectivity index (χ0) is 31.7. The van der Waals surface area contributed by atoms with Gasteiger partial charge in [0.15, 0.2) is 0 Å². The number of hydrogen-bond donors (Lipinski definition) is 1. The molecule has 0 saturated carbocycles. The van der Waals surface area contributed by atoms with Gasteiger partial charge in [0.05, 0.1) is 12.7 Å². The van der Waals surface area contributed by atoms with Gasteiger partial charge in [-0.15, -0.1) is 0 Å². The maximum Gasteiger partial charge on any atom is 0.416 e. The zero-order valence-corrected chi connectivity index (χ0v) is 25.7. The summed E-state index contributed by atoms with van der Waals surface area (Å²) in [5.41, 5.74) is 4.86. The normalized spacial score (nSPS) is 12.0. The van der Waals surface area contributed by atoms with E-state index >= 15 is 0 Å². The topological polar surface area (TPSA) is 58.6 Å². The van der Waals surface area contributed by atoms with Crippen LogP contribution in [0.2, 0.25) is 0 Å². The third-order valence-electron chi connectivity index (χ3n) is 7.31. The second-order valence-electron chi connectivity index (χ2n) is 10.4. The van der Waals surface area contributed by atoms with E-state index in [0.29, 0.717) is 36.4 Å². The lowest BCUT2D eigenvalue weighted by Gasteiger charge is -2.26. The summed E-state index contributed by atoms with van der Waals surface area (Å²) in [4.78, 5) is 28.1. The first-order chi connectivity index (χ1) is 21.1. The molecule has 230 valence electrons. The van der Waals surface area contributed by atoms with Crippen molar-refractivity contribution in [1.29, 1.82) is 0 Å². The number of halogens is 3. The van der Waals surface area contributed by atoms with Crippen molar-refractivity contribution in [1.82, 2.24) is 5.32 Å². The number of carbonyl (C=O) groups is 2. The summed E-state index contributed by atoms with van der Waals surface area (Å²) >= 11 is 1.58. The van der Waals surface area contributed by atoms with E-state index in [2.05, 4.69) is 10.2 Å². The molecule has 0 fully saturated rings. The molecule has 0 bridgehead atoms. The number of methoxy groups -OCH3 is 1. The molecule has 4 aromatic carbocycles. The van der Waals surface area contributed by atoms with Crippen LogP contribution in [0.3, 0.4) is 0 Å². The molecule has 1 unspecified atom stereocenters. The number of amides is 1. The molecule has 44 heavy (non-hydrogen) atoms. The summed E-state index contributed by atoms with van der Waals surface area (Å²) in [7, 11) is 1.30. The van der Waals surface area contributed by atoms with E-state index in [1.807, 2.05) is 79.9 Å². The highest BCUT2D eigenvalue weighted by Crippen LogP contribution is 2.31. The summed E-state index contributed by atoms with van der Waals surface area (Å²) in [6, 6.07) is 27.4.